The molecule has 0 aliphatic carbocycles. The van der Waals surface area contributed by atoms with Crippen molar-refractivity contribution in [3.05, 3.63) is 59.9 Å². The molecule has 2 aromatic carbocycles. The Hall–Kier alpha value is -2.78. The smallest absolute Gasteiger partial charge is 0.415 e. The maximum atomic E-state index is 13.2. The van der Waals surface area contributed by atoms with E-state index in [1.165, 1.54) is 37.1 Å². The van der Waals surface area contributed by atoms with Crippen LogP contribution in [0, 0.1) is 5.82 Å². The lowest BCUT2D eigenvalue weighted by Crippen LogP contribution is -2.38. The van der Waals surface area contributed by atoms with Gasteiger partial charge in [-0.3, -0.25) is 0 Å². The second kappa shape index (κ2) is 16.8. The fourth-order valence-electron chi connectivity index (χ4n) is 3.32. The fraction of sp³-hybridized carbons (Fsp3) is 0.481. The van der Waals surface area contributed by atoms with Crippen molar-refractivity contribution >= 4 is 23.8 Å². The van der Waals surface area contributed by atoms with Crippen LogP contribution in [0.25, 0.3) is 0 Å². The molecule has 7 nitrogen and oxygen atoms in total. The van der Waals surface area contributed by atoms with Crippen molar-refractivity contribution in [2.75, 3.05) is 37.8 Å². The van der Waals surface area contributed by atoms with Crippen LogP contribution in [-0.2, 0) is 16.0 Å². The molecule has 2 rings (SSSR count). The lowest BCUT2D eigenvalue weighted by Gasteiger charge is -2.22. The van der Waals surface area contributed by atoms with Gasteiger partial charge in [-0.1, -0.05) is 31.9 Å². The molecule has 2 aromatic rings. The van der Waals surface area contributed by atoms with Gasteiger partial charge in [-0.25, -0.2) is 14.0 Å². The zero-order chi connectivity index (χ0) is 26.2. The molecule has 1 N–H and O–H groups in total. The minimum absolute atomic E-state index is 0.259. The second-order valence-corrected chi connectivity index (χ2v) is 9.33. The number of ether oxygens (including phenoxy) is 3. The normalized spacial score (nSPS) is 11.6. The summed E-state index contributed by atoms with van der Waals surface area (Å²) in [5.41, 5.74) is 0.827. The predicted molar refractivity (Wildman–Crippen MR) is 140 cm³/mol. The summed E-state index contributed by atoms with van der Waals surface area (Å²) in [5.74, 6) is 1.33. The van der Waals surface area contributed by atoms with E-state index in [0.717, 1.165) is 23.5 Å². The van der Waals surface area contributed by atoms with E-state index >= 15 is 0 Å². The van der Waals surface area contributed by atoms with Crippen LogP contribution in [0.2, 0.25) is 0 Å². The number of hydrogen-bond acceptors (Lipinski definition) is 6. The average molecular weight is 522 g/mol. The molecule has 0 aliphatic rings. The van der Waals surface area contributed by atoms with E-state index in [0.29, 0.717) is 25.4 Å². The highest BCUT2D eigenvalue weighted by Gasteiger charge is 2.18. The first-order chi connectivity index (χ1) is 17.4. The molecule has 9 heteroatoms. The van der Waals surface area contributed by atoms with Gasteiger partial charge in [-0.15, -0.1) is 0 Å². The van der Waals surface area contributed by atoms with Crippen LogP contribution in [0.1, 0.15) is 38.7 Å². The van der Waals surface area contributed by atoms with Crippen LogP contribution < -0.4 is 9.47 Å². The van der Waals surface area contributed by atoms with E-state index in [1.54, 1.807) is 47.9 Å². The van der Waals surface area contributed by atoms with Gasteiger partial charge in [0.2, 0.25) is 0 Å². The van der Waals surface area contributed by atoms with Crippen LogP contribution in [0.5, 0.6) is 11.5 Å². The molecule has 0 heterocycles. The van der Waals surface area contributed by atoms with E-state index in [4.69, 9.17) is 14.2 Å². The van der Waals surface area contributed by atoms with Gasteiger partial charge in [-0.2, -0.15) is 11.8 Å². The maximum Gasteiger partial charge on any atom is 0.415 e. The predicted octanol–water partition coefficient (Wildman–Crippen LogP) is 5.66. The Morgan fingerprint density at radius 3 is 2.31 bits per heavy atom. The topological polar surface area (TPSA) is 85.3 Å². The largest absolute Gasteiger partial charge is 0.492 e. The Morgan fingerprint density at radius 2 is 1.67 bits per heavy atom. The van der Waals surface area contributed by atoms with Crippen molar-refractivity contribution in [2.24, 2.45) is 0 Å². The number of nitrogens with zero attached hydrogens (tertiary/aromatic N) is 1. The number of hydrogen-bond donors (Lipinski definition) is 1. The highest BCUT2D eigenvalue weighted by molar-refractivity contribution is 7.99. The first-order valence-electron chi connectivity index (χ1n) is 12.3. The molecule has 0 fully saturated rings. The summed E-state index contributed by atoms with van der Waals surface area (Å²) >= 11 is 1.80. The van der Waals surface area contributed by atoms with Crippen molar-refractivity contribution in [1.29, 1.82) is 0 Å². The minimum Gasteiger partial charge on any atom is -0.492 e. The van der Waals surface area contributed by atoms with Crippen molar-refractivity contribution in [3.63, 3.8) is 0 Å². The van der Waals surface area contributed by atoms with Gasteiger partial charge in [0.15, 0.2) is 6.10 Å². The molecule has 36 heavy (non-hydrogen) atoms. The summed E-state index contributed by atoms with van der Waals surface area (Å²) in [5, 5.41) is 9.24. The summed E-state index contributed by atoms with van der Waals surface area (Å²) in [6.07, 6.45) is 2.38. The summed E-state index contributed by atoms with van der Waals surface area (Å²) < 4.78 is 29.6. The number of thioether (sulfide) groups is 1. The Morgan fingerprint density at radius 1 is 0.972 bits per heavy atom. The van der Waals surface area contributed by atoms with Gasteiger partial charge in [0.05, 0.1) is 6.54 Å². The molecule has 0 aromatic heterocycles. The number of carbonyl (C=O) groups excluding carboxylic acids is 1. The van der Waals surface area contributed by atoms with Gasteiger partial charge in [0.1, 0.15) is 23.9 Å². The van der Waals surface area contributed by atoms with Gasteiger partial charge in [-0.05, 0) is 61.1 Å². The fourth-order valence-corrected chi connectivity index (χ4v) is 4.28. The van der Waals surface area contributed by atoms with Crippen LogP contribution in [0.3, 0.4) is 0 Å². The molecular weight excluding hydrogens is 485 g/mol. The number of carboxylic acid groups (broad SMARTS) is 1. The third kappa shape index (κ3) is 11.3. The Balaban J connectivity index is 1.88. The van der Waals surface area contributed by atoms with Crippen LogP contribution in [0.4, 0.5) is 9.18 Å². The monoisotopic (exact) mass is 521 g/mol. The summed E-state index contributed by atoms with van der Waals surface area (Å²) in [6.45, 7) is 5.34. The third-order valence-corrected chi connectivity index (χ3v) is 6.34. The molecule has 1 unspecified atom stereocenters. The molecule has 1 amide bonds. The highest BCUT2D eigenvalue weighted by Crippen LogP contribution is 2.16. The molecular formula is C27H36FNO6S. The Kier molecular flexibility index (Phi) is 13.8. The number of carbonyl (C=O) groups is 2. The van der Waals surface area contributed by atoms with Crippen molar-refractivity contribution in [1.82, 2.24) is 4.90 Å². The van der Waals surface area contributed by atoms with Gasteiger partial charge in [0, 0.05) is 25.3 Å². The van der Waals surface area contributed by atoms with Crippen molar-refractivity contribution in [3.8, 4) is 11.5 Å². The Bertz CT molecular complexity index is 909. The molecule has 0 spiro atoms. The van der Waals surface area contributed by atoms with E-state index in [9.17, 15) is 19.1 Å². The van der Waals surface area contributed by atoms with Crippen molar-refractivity contribution in [2.45, 2.75) is 45.6 Å². The first-order valence-corrected chi connectivity index (χ1v) is 13.4. The number of unbranched alkanes of at least 4 members (excludes halogenated alkanes) is 2. The molecule has 0 radical (unpaired) electrons. The molecule has 0 saturated carbocycles. The van der Waals surface area contributed by atoms with Crippen LogP contribution in [0.15, 0.2) is 48.5 Å². The molecule has 0 bridgehead atoms. The van der Waals surface area contributed by atoms with Gasteiger partial charge >= 0.3 is 12.1 Å². The summed E-state index contributed by atoms with van der Waals surface area (Å²) in [4.78, 5) is 25.6. The SMILES string of the molecule is CCCCCSCCN(CCOc1ccc(CC(OCC)C(=O)O)cc1)C(=O)Oc1ccc(F)cc1. The highest BCUT2D eigenvalue weighted by atomic mass is 32.2. The number of aliphatic carboxylic acids is 1. The van der Waals surface area contributed by atoms with Crippen LogP contribution in [-0.4, -0.2) is 66.0 Å². The third-order valence-electron chi connectivity index (χ3n) is 5.29. The number of benzene rings is 2. The minimum atomic E-state index is -0.992. The molecule has 0 aliphatic heterocycles. The second-order valence-electron chi connectivity index (χ2n) is 8.11. The zero-order valence-electron chi connectivity index (χ0n) is 21.0. The summed E-state index contributed by atoms with van der Waals surface area (Å²) in [7, 11) is 0. The lowest BCUT2D eigenvalue weighted by atomic mass is 10.1. The molecule has 198 valence electrons. The first kappa shape index (κ1) is 29.5. The lowest BCUT2D eigenvalue weighted by molar-refractivity contribution is -0.149. The number of rotatable bonds is 17. The number of amides is 1. The maximum absolute atomic E-state index is 13.2. The van der Waals surface area contributed by atoms with Gasteiger partial charge in [0.25, 0.3) is 0 Å². The molecule has 1 atom stereocenters. The zero-order valence-corrected chi connectivity index (χ0v) is 21.8. The average Bonchev–Trinajstić information content (AvgIpc) is 2.87. The van der Waals surface area contributed by atoms with Gasteiger partial charge < -0.3 is 24.2 Å². The summed E-state index contributed by atoms with van der Waals surface area (Å²) in [6, 6.07) is 12.5. The van der Waals surface area contributed by atoms with E-state index in [2.05, 4.69) is 6.92 Å². The standard InChI is InChI=1S/C27H36FNO6S/c1-3-5-6-18-36-19-16-29(27(32)35-24-13-9-22(28)10-14-24)15-17-34-23-11-7-21(8-12-23)20-25(26(30)31)33-4-2/h7-14,25H,3-6,15-20H2,1-2H3,(H,30,31). The quantitative estimate of drug-likeness (QED) is 0.269. The van der Waals surface area contributed by atoms with Crippen LogP contribution >= 0.6 is 11.8 Å². The number of halogens is 1. The van der Waals surface area contributed by atoms with E-state index in [-0.39, 0.29) is 18.8 Å². The van der Waals surface area contributed by atoms with Crippen molar-refractivity contribution < 1.29 is 33.3 Å². The van der Waals surface area contributed by atoms with E-state index < -0.39 is 24.0 Å². The molecule has 0 saturated heterocycles. The number of carboxylic acids is 1. The van der Waals surface area contributed by atoms with E-state index in [1.807, 2.05) is 0 Å². The Labute approximate surface area is 216 Å².